The minimum Gasteiger partial charge on any atom is -0.349 e. The van der Waals surface area contributed by atoms with Crippen LogP contribution in [0.25, 0.3) is 6.08 Å². The molecule has 2 aliphatic rings. The van der Waals surface area contributed by atoms with Gasteiger partial charge in [-0.25, -0.2) is 12.8 Å². The van der Waals surface area contributed by atoms with Gasteiger partial charge < -0.3 is 5.32 Å². The molecule has 1 atom stereocenters. The molecule has 142 valence electrons. The van der Waals surface area contributed by atoms with Crippen molar-refractivity contribution in [2.24, 2.45) is 0 Å². The summed E-state index contributed by atoms with van der Waals surface area (Å²) in [6.45, 7) is -0.125. The van der Waals surface area contributed by atoms with Crippen molar-refractivity contribution in [1.82, 2.24) is 10.2 Å². The number of hydrogen-bond acceptors (Lipinski definition) is 6. The first-order valence-corrected chi connectivity index (χ1v) is 10.5. The van der Waals surface area contributed by atoms with E-state index in [1.165, 1.54) is 30.4 Å². The van der Waals surface area contributed by atoms with Crippen molar-refractivity contribution >= 4 is 44.7 Å². The number of benzene rings is 1. The Morgan fingerprint density at radius 2 is 2.15 bits per heavy atom. The third kappa shape index (κ3) is 4.83. The van der Waals surface area contributed by atoms with E-state index in [-0.39, 0.29) is 23.6 Å². The van der Waals surface area contributed by atoms with Gasteiger partial charge in [-0.1, -0.05) is 12.1 Å². The summed E-state index contributed by atoms with van der Waals surface area (Å²) < 4.78 is 35.9. The molecule has 2 aliphatic heterocycles. The highest BCUT2D eigenvalue weighted by molar-refractivity contribution is 8.18. The number of imide groups is 1. The first-order chi connectivity index (χ1) is 12.7. The Balaban J connectivity index is 1.58. The molecular weight excluding hydrogens is 395 g/mol. The molecule has 1 aromatic rings. The van der Waals surface area contributed by atoms with Gasteiger partial charge in [-0.05, 0) is 41.6 Å². The monoisotopic (exact) mass is 410 g/mol. The summed E-state index contributed by atoms with van der Waals surface area (Å²) in [5, 5.41) is 3.06. The van der Waals surface area contributed by atoms with Gasteiger partial charge in [0.2, 0.25) is 5.91 Å². The lowest BCUT2D eigenvalue weighted by Crippen LogP contribution is -2.38. The fourth-order valence-electron chi connectivity index (χ4n) is 2.60. The maximum Gasteiger partial charge on any atom is 0.293 e. The van der Waals surface area contributed by atoms with Gasteiger partial charge in [0.15, 0.2) is 9.84 Å². The van der Waals surface area contributed by atoms with Crippen LogP contribution in [0.2, 0.25) is 0 Å². The van der Waals surface area contributed by atoms with Crippen molar-refractivity contribution in [1.29, 1.82) is 0 Å². The molecule has 0 spiro atoms. The second-order valence-corrected chi connectivity index (χ2v) is 8.89. The number of rotatable bonds is 5. The Hall–Kier alpha value is -2.46. The SMILES string of the molecule is O=C(CCN1C(=O)S/C(=C\c2cccc(F)c2)C1=O)N[C@@H]1C=CS(=O)(=O)C1. The Bertz CT molecular complexity index is 971. The number of carbonyl (C=O) groups excluding carboxylic acids is 3. The highest BCUT2D eigenvalue weighted by Crippen LogP contribution is 2.32. The largest absolute Gasteiger partial charge is 0.349 e. The van der Waals surface area contributed by atoms with E-state index < -0.39 is 38.7 Å². The number of amides is 3. The molecule has 7 nitrogen and oxygen atoms in total. The molecule has 3 rings (SSSR count). The molecule has 27 heavy (non-hydrogen) atoms. The molecule has 0 bridgehead atoms. The van der Waals surface area contributed by atoms with Gasteiger partial charge in [0.1, 0.15) is 5.82 Å². The predicted molar refractivity (Wildman–Crippen MR) is 98.6 cm³/mol. The minimum atomic E-state index is -3.28. The van der Waals surface area contributed by atoms with Crippen LogP contribution >= 0.6 is 11.8 Å². The third-order valence-corrected chi connectivity index (χ3v) is 6.16. The van der Waals surface area contributed by atoms with Gasteiger partial charge in [-0.15, -0.1) is 0 Å². The summed E-state index contributed by atoms with van der Waals surface area (Å²) in [6, 6.07) is 5.00. The minimum absolute atomic E-state index is 0.125. The van der Waals surface area contributed by atoms with Crippen molar-refractivity contribution in [3.05, 3.63) is 52.0 Å². The number of thioether (sulfide) groups is 1. The average Bonchev–Trinajstić information content (AvgIpc) is 3.05. The highest BCUT2D eigenvalue weighted by atomic mass is 32.2. The Kier molecular flexibility index (Phi) is 5.47. The Labute approximate surface area is 159 Å². The molecule has 10 heteroatoms. The topological polar surface area (TPSA) is 101 Å². The molecule has 1 aromatic carbocycles. The lowest BCUT2D eigenvalue weighted by Gasteiger charge is -2.14. The van der Waals surface area contributed by atoms with Crippen LogP contribution in [0.3, 0.4) is 0 Å². The van der Waals surface area contributed by atoms with Crippen molar-refractivity contribution < 1.29 is 27.2 Å². The number of nitrogens with zero attached hydrogens (tertiary/aromatic N) is 1. The molecule has 0 radical (unpaired) electrons. The summed E-state index contributed by atoms with van der Waals surface area (Å²) in [5.41, 5.74) is 0.451. The summed E-state index contributed by atoms with van der Waals surface area (Å²) in [7, 11) is -3.28. The van der Waals surface area contributed by atoms with Gasteiger partial charge in [0, 0.05) is 18.4 Å². The normalized spacial score (nSPS) is 22.6. The van der Waals surface area contributed by atoms with Crippen molar-refractivity contribution in [3.8, 4) is 0 Å². The van der Waals surface area contributed by atoms with Gasteiger partial charge in [-0.3, -0.25) is 19.3 Å². The first kappa shape index (κ1) is 19.3. The zero-order chi connectivity index (χ0) is 19.6. The second kappa shape index (κ2) is 7.65. The molecule has 1 saturated heterocycles. The standard InChI is InChI=1S/C17H15FN2O5S2/c18-12-3-1-2-11(8-12)9-14-16(22)20(17(23)26-14)6-4-15(21)19-13-5-7-27(24,25)10-13/h1-3,5,7-9,13H,4,6,10H2,(H,19,21)/b14-9-/t13-/m1/s1. The fourth-order valence-corrected chi connectivity index (χ4v) is 4.70. The predicted octanol–water partition coefficient (Wildman–Crippen LogP) is 1.68. The molecule has 3 amide bonds. The average molecular weight is 410 g/mol. The lowest BCUT2D eigenvalue weighted by atomic mass is 10.2. The number of carbonyl (C=O) groups is 3. The van der Waals surface area contributed by atoms with E-state index in [1.807, 2.05) is 0 Å². The molecule has 0 unspecified atom stereocenters. The maximum absolute atomic E-state index is 13.2. The summed E-state index contributed by atoms with van der Waals surface area (Å²) in [5.74, 6) is -1.67. The number of nitrogens with one attached hydrogen (secondary N) is 1. The van der Waals surface area contributed by atoms with Crippen molar-refractivity contribution in [2.75, 3.05) is 12.3 Å². The number of sulfone groups is 1. The molecular formula is C17H15FN2O5S2. The molecule has 1 N–H and O–H groups in total. The van der Waals surface area contributed by atoms with Crippen LogP contribution in [0.15, 0.2) is 40.7 Å². The zero-order valence-corrected chi connectivity index (χ0v) is 15.6. The number of halogens is 1. The summed E-state index contributed by atoms with van der Waals surface area (Å²) in [6.07, 6.45) is 2.66. The molecule has 2 heterocycles. The van der Waals surface area contributed by atoms with Gasteiger partial charge in [0.25, 0.3) is 11.1 Å². The van der Waals surface area contributed by atoms with E-state index in [0.29, 0.717) is 5.56 Å². The Morgan fingerprint density at radius 1 is 1.37 bits per heavy atom. The van der Waals surface area contributed by atoms with Crippen LogP contribution < -0.4 is 5.32 Å². The fraction of sp³-hybridized carbons (Fsp3) is 0.235. The van der Waals surface area contributed by atoms with Crippen LogP contribution in [0.1, 0.15) is 12.0 Å². The lowest BCUT2D eigenvalue weighted by molar-refractivity contribution is -0.124. The van der Waals surface area contributed by atoms with Crippen LogP contribution in [0.5, 0.6) is 0 Å². The van der Waals surface area contributed by atoms with Gasteiger partial charge >= 0.3 is 0 Å². The zero-order valence-electron chi connectivity index (χ0n) is 13.9. The van der Waals surface area contributed by atoms with Crippen LogP contribution in [0, 0.1) is 5.82 Å². The summed E-state index contributed by atoms with van der Waals surface area (Å²) >= 11 is 0.721. The number of hydrogen-bond donors (Lipinski definition) is 1. The summed E-state index contributed by atoms with van der Waals surface area (Å²) in [4.78, 5) is 37.4. The highest BCUT2D eigenvalue weighted by Gasteiger charge is 2.35. The quantitative estimate of drug-likeness (QED) is 0.742. The van der Waals surface area contributed by atoms with Crippen molar-refractivity contribution in [2.45, 2.75) is 12.5 Å². The third-order valence-electron chi connectivity index (χ3n) is 3.86. The second-order valence-electron chi connectivity index (χ2n) is 5.97. The van der Waals surface area contributed by atoms with Gasteiger partial charge in [-0.2, -0.15) is 0 Å². The van der Waals surface area contributed by atoms with Crippen molar-refractivity contribution in [3.63, 3.8) is 0 Å². The van der Waals surface area contributed by atoms with E-state index in [4.69, 9.17) is 0 Å². The maximum atomic E-state index is 13.2. The van der Waals surface area contributed by atoms with E-state index in [9.17, 15) is 27.2 Å². The van der Waals surface area contributed by atoms with E-state index in [2.05, 4.69) is 5.32 Å². The van der Waals surface area contributed by atoms with Crippen LogP contribution in [-0.4, -0.2) is 48.7 Å². The smallest absolute Gasteiger partial charge is 0.293 e. The molecule has 0 saturated carbocycles. The molecule has 0 aromatic heterocycles. The first-order valence-electron chi connectivity index (χ1n) is 7.95. The molecule has 0 aliphatic carbocycles. The van der Waals surface area contributed by atoms with Gasteiger partial charge in [0.05, 0.1) is 16.7 Å². The van der Waals surface area contributed by atoms with E-state index in [0.717, 1.165) is 22.1 Å². The van der Waals surface area contributed by atoms with Crippen LogP contribution in [-0.2, 0) is 19.4 Å². The Morgan fingerprint density at radius 3 is 2.81 bits per heavy atom. The van der Waals surface area contributed by atoms with Crippen LogP contribution in [0.4, 0.5) is 9.18 Å². The van der Waals surface area contributed by atoms with E-state index >= 15 is 0 Å². The van der Waals surface area contributed by atoms with E-state index in [1.54, 1.807) is 6.07 Å². The molecule has 1 fully saturated rings.